The van der Waals surface area contributed by atoms with Crippen LogP contribution in [0.2, 0.25) is 0 Å². The standard InChI is InChI=1S/C12H24O7.C11H20O6/c1-15-5-4-6-18-11-8(7-16-2)19-12(17-3)10(14)9(11)13;1-4-5-16-10-7(6-14-2)17-11(15-3)9(13)8(10)12/h8-14H,4-7H2,1-3H3;4,7-13H,1,5-6H2,2-3H3. The lowest BCUT2D eigenvalue weighted by molar-refractivity contribution is -0.302. The Labute approximate surface area is 212 Å². The molecule has 0 aromatic rings. The summed E-state index contributed by atoms with van der Waals surface area (Å²) in [6.45, 7) is 5.25. The molecule has 0 bridgehead atoms. The molecule has 36 heavy (non-hydrogen) atoms. The van der Waals surface area contributed by atoms with E-state index in [0.29, 0.717) is 19.6 Å². The van der Waals surface area contributed by atoms with Crippen molar-refractivity contribution in [2.75, 3.05) is 68.6 Å². The molecule has 2 fully saturated rings. The maximum atomic E-state index is 10.1. The van der Waals surface area contributed by atoms with E-state index in [9.17, 15) is 20.4 Å². The average Bonchev–Trinajstić information content (AvgIpc) is 2.87. The first kappa shape index (κ1) is 33.2. The Balaban J connectivity index is 0.000000362. The van der Waals surface area contributed by atoms with Gasteiger partial charge in [-0.25, -0.2) is 0 Å². The smallest absolute Gasteiger partial charge is 0.186 e. The summed E-state index contributed by atoms with van der Waals surface area (Å²) in [6.07, 6.45) is -6.28. The fourth-order valence-corrected chi connectivity index (χ4v) is 3.81. The summed E-state index contributed by atoms with van der Waals surface area (Å²) in [5.41, 5.74) is 0. The maximum absolute atomic E-state index is 10.1. The molecule has 0 aromatic carbocycles. The van der Waals surface area contributed by atoms with Crippen LogP contribution >= 0.6 is 0 Å². The number of aliphatic hydroxyl groups is 4. The average molecular weight is 529 g/mol. The molecule has 2 aliphatic rings. The molecule has 0 spiro atoms. The highest BCUT2D eigenvalue weighted by Crippen LogP contribution is 2.25. The van der Waals surface area contributed by atoms with Gasteiger partial charge in [-0.15, -0.1) is 6.58 Å². The minimum Gasteiger partial charge on any atom is -0.387 e. The van der Waals surface area contributed by atoms with Crippen molar-refractivity contribution in [1.82, 2.24) is 0 Å². The molecule has 2 heterocycles. The van der Waals surface area contributed by atoms with Crippen molar-refractivity contribution < 1.29 is 63.1 Å². The van der Waals surface area contributed by atoms with E-state index in [1.165, 1.54) is 28.4 Å². The Morgan fingerprint density at radius 1 is 0.667 bits per heavy atom. The van der Waals surface area contributed by atoms with Gasteiger partial charge in [0.15, 0.2) is 12.6 Å². The van der Waals surface area contributed by atoms with Crippen molar-refractivity contribution in [3.8, 4) is 0 Å². The van der Waals surface area contributed by atoms with Crippen LogP contribution in [0, 0.1) is 0 Å². The van der Waals surface area contributed by atoms with E-state index in [4.69, 9.17) is 42.6 Å². The number of hydrogen-bond donors (Lipinski definition) is 4. The summed E-state index contributed by atoms with van der Waals surface area (Å²) in [5.74, 6) is 0. The molecule has 4 N–H and O–H groups in total. The minimum absolute atomic E-state index is 0.242. The van der Waals surface area contributed by atoms with Crippen molar-refractivity contribution in [1.29, 1.82) is 0 Å². The van der Waals surface area contributed by atoms with Gasteiger partial charge in [0.05, 0.1) is 19.8 Å². The summed E-state index contributed by atoms with van der Waals surface area (Å²) in [4.78, 5) is 0. The van der Waals surface area contributed by atoms with Gasteiger partial charge < -0.3 is 63.1 Å². The molecule has 0 saturated carbocycles. The van der Waals surface area contributed by atoms with Crippen molar-refractivity contribution in [2.24, 2.45) is 0 Å². The quantitative estimate of drug-likeness (QED) is 0.151. The van der Waals surface area contributed by atoms with Gasteiger partial charge in [-0.3, -0.25) is 0 Å². The third-order valence-corrected chi connectivity index (χ3v) is 5.62. The number of ether oxygens (including phenoxy) is 9. The SMILES string of the molecule is C=CCOC1C(COC)OC(OC)C(O)C1O.COCCCOC1C(COC)OC(OC)C(O)C1O. The summed E-state index contributed by atoms with van der Waals surface area (Å²) >= 11 is 0. The van der Waals surface area contributed by atoms with Gasteiger partial charge in [0.25, 0.3) is 0 Å². The molecule has 0 aromatic heterocycles. The van der Waals surface area contributed by atoms with Gasteiger partial charge >= 0.3 is 0 Å². The molecule has 2 saturated heterocycles. The van der Waals surface area contributed by atoms with E-state index in [2.05, 4.69) is 6.58 Å². The zero-order valence-electron chi connectivity index (χ0n) is 21.8. The van der Waals surface area contributed by atoms with Crippen LogP contribution in [0.15, 0.2) is 12.7 Å². The Morgan fingerprint density at radius 2 is 1.14 bits per heavy atom. The van der Waals surface area contributed by atoms with Crippen LogP contribution < -0.4 is 0 Å². The zero-order chi connectivity index (χ0) is 27.1. The predicted octanol–water partition coefficient (Wildman–Crippen LogP) is -1.56. The summed E-state index contributed by atoms with van der Waals surface area (Å²) in [5, 5.41) is 39.6. The molecule has 13 nitrogen and oxygen atoms in total. The Kier molecular flexibility index (Phi) is 17.1. The van der Waals surface area contributed by atoms with Gasteiger partial charge in [-0.05, 0) is 6.42 Å². The number of aliphatic hydroxyl groups excluding tert-OH is 4. The highest BCUT2D eigenvalue weighted by molar-refractivity contribution is 4.91. The van der Waals surface area contributed by atoms with Crippen LogP contribution in [-0.2, 0) is 42.6 Å². The Hall–Kier alpha value is -0.780. The van der Waals surface area contributed by atoms with Gasteiger partial charge in [0, 0.05) is 48.8 Å². The first-order valence-electron chi connectivity index (χ1n) is 11.7. The maximum Gasteiger partial charge on any atom is 0.186 e. The minimum atomic E-state index is -1.15. The fourth-order valence-electron chi connectivity index (χ4n) is 3.81. The second-order valence-electron chi connectivity index (χ2n) is 8.20. The second-order valence-corrected chi connectivity index (χ2v) is 8.20. The molecule has 2 aliphatic heterocycles. The molecule has 0 amide bonds. The molecule has 0 radical (unpaired) electrons. The van der Waals surface area contributed by atoms with Crippen LogP contribution in [-0.4, -0.2) is 150 Å². The van der Waals surface area contributed by atoms with Crippen molar-refractivity contribution in [3.63, 3.8) is 0 Å². The van der Waals surface area contributed by atoms with E-state index < -0.39 is 61.4 Å². The van der Waals surface area contributed by atoms with Crippen molar-refractivity contribution in [3.05, 3.63) is 12.7 Å². The highest BCUT2D eigenvalue weighted by Gasteiger charge is 2.46. The van der Waals surface area contributed by atoms with Crippen molar-refractivity contribution >= 4 is 0 Å². The molecule has 13 heteroatoms. The summed E-state index contributed by atoms with van der Waals surface area (Å²) in [6, 6.07) is 0. The molecule has 10 unspecified atom stereocenters. The molecular formula is C23H44O13. The van der Waals surface area contributed by atoms with E-state index in [1.54, 1.807) is 13.2 Å². The van der Waals surface area contributed by atoms with Crippen molar-refractivity contribution in [2.45, 2.75) is 67.8 Å². The normalized spacial score (nSPS) is 36.7. The molecule has 214 valence electrons. The molecule has 10 atom stereocenters. The van der Waals surface area contributed by atoms with Gasteiger partial charge in [-0.2, -0.15) is 0 Å². The molecule has 0 aliphatic carbocycles. The second kappa shape index (κ2) is 18.5. The highest BCUT2D eigenvalue weighted by atomic mass is 16.7. The molecule has 2 rings (SSSR count). The fraction of sp³-hybridized carbons (Fsp3) is 0.913. The summed E-state index contributed by atoms with van der Waals surface area (Å²) < 4.78 is 46.8. The lowest BCUT2D eigenvalue weighted by Crippen LogP contribution is -2.60. The Bertz CT molecular complexity index is 568. The van der Waals surface area contributed by atoms with Crippen LogP contribution in [0.5, 0.6) is 0 Å². The number of rotatable bonds is 14. The van der Waals surface area contributed by atoms with E-state index >= 15 is 0 Å². The monoisotopic (exact) mass is 528 g/mol. The third-order valence-electron chi connectivity index (χ3n) is 5.62. The molecular weight excluding hydrogens is 484 g/mol. The van der Waals surface area contributed by atoms with E-state index in [1.807, 2.05) is 0 Å². The number of hydrogen-bond acceptors (Lipinski definition) is 13. The lowest BCUT2D eigenvalue weighted by atomic mass is 9.99. The predicted molar refractivity (Wildman–Crippen MR) is 125 cm³/mol. The Morgan fingerprint density at radius 3 is 1.53 bits per heavy atom. The third kappa shape index (κ3) is 9.83. The van der Waals surface area contributed by atoms with Crippen LogP contribution in [0.25, 0.3) is 0 Å². The van der Waals surface area contributed by atoms with Gasteiger partial charge in [-0.1, -0.05) is 6.08 Å². The van der Waals surface area contributed by atoms with Gasteiger partial charge in [0.1, 0.15) is 48.8 Å². The lowest BCUT2D eigenvalue weighted by Gasteiger charge is -2.41. The topological polar surface area (TPSA) is 164 Å². The van der Waals surface area contributed by atoms with E-state index in [-0.39, 0.29) is 19.8 Å². The van der Waals surface area contributed by atoms with Crippen LogP contribution in [0.1, 0.15) is 6.42 Å². The van der Waals surface area contributed by atoms with Gasteiger partial charge in [0.2, 0.25) is 0 Å². The van der Waals surface area contributed by atoms with Crippen LogP contribution in [0.3, 0.4) is 0 Å². The zero-order valence-corrected chi connectivity index (χ0v) is 21.8. The summed E-state index contributed by atoms with van der Waals surface area (Å²) in [7, 11) is 7.47. The first-order valence-corrected chi connectivity index (χ1v) is 11.7. The van der Waals surface area contributed by atoms with E-state index in [0.717, 1.165) is 0 Å². The van der Waals surface area contributed by atoms with Crippen LogP contribution in [0.4, 0.5) is 0 Å². The largest absolute Gasteiger partial charge is 0.387 e. The first-order chi connectivity index (χ1) is 17.3. The number of methoxy groups -OCH3 is 5.